The first kappa shape index (κ1) is 15.0. The van der Waals surface area contributed by atoms with E-state index in [1.807, 2.05) is 5.38 Å². The van der Waals surface area contributed by atoms with Crippen LogP contribution in [0.4, 0.5) is 5.82 Å². The van der Waals surface area contributed by atoms with Crippen LogP contribution in [-0.4, -0.2) is 19.4 Å². The molecule has 5 nitrogen and oxygen atoms in total. The third-order valence-electron chi connectivity index (χ3n) is 3.03. The largest absolute Gasteiger partial charge is 0.310 e. The lowest BCUT2D eigenvalue weighted by Crippen LogP contribution is -2.15. The summed E-state index contributed by atoms with van der Waals surface area (Å²) in [5.74, 6) is 0.309. The van der Waals surface area contributed by atoms with Crippen LogP contribution in [-0.2, 0) is 16.6 Å². The van der Waals surface area contributed by atoms with Crippen LogP contribution in [0.15, 0.2) is 38.5 Å². The van der Waals surface area contributed by atoms with Gasteiger partial charge in [0.05, 0.1) is 0 Å². The topological polar surface area (TPSA) is 71.1 Å². The summed E-state index contributed by atoms with van der Waals surface area (Å²) in [5, 5.41) is 5.24. The molecule has 1 saturated carbocycles. The van der Waals surface area contributed by atoms with Crippen molar-refractivity contribution in [3.05, 3.63) is 39.8 Å². The zero-order valence-corrected chi connectivity index (χ0v) is 14.3. The van der Waals surface area contributed by atoms with Crippen LogP contribution < -0.4 is 10.0 Å². The summed E-state index contributed by atoms with van der Waals surface area (Å²) in [7, 11) is -3.57. The van der Waals surface area contributed by atoms with Gasteiger partial charge in [0.15, 0.2) is 0 Å². The molecule has 0 aliphatic heterocycles. The number of nitrogens with zero attached hydrogens (tertiary/aromatic N) is 1. The van der Waals surface area contributed by atoms with Crippen LogP contribution in [0.25, 0.3) is 0 Å². The minimum Gasteiger partial charge on any atom is -0.310 e. The zero-order valence-electron chi connectivity index (χ0n) is 11.0. The number of anilines is 1. The van der Waals surface area contributed by atoms with E-state index in [0.29, 0.717) is 22.6 Å². The van der Waals surface area contributed by atoms with Crippen molar-refractivity contribution in [3.63, 3.8) is 0 Å². The first-order chi connectivity index (χ1) is 10.0. The summed E-state index contributed by atoms with van der Waals surface area (Å²) in [5.41, 5.74) is 0.996. The summed E-state index contributed by atoms with van der Waals surface area (Å²) >= 11 is 4.49. The van der Waals surface area contributed by atoms with E-state index in [-0.39, 0.29) is 0 Å². The SMILES string of the molecule is O=S(=O)(Nc1ccc(Br)cn1)c1cc(CNC2CC2)cs1. The fourth-order valence-electron chi connectivity index (χ4n) is 1.76. The summed E-state index contributed by atoms with van der Waals surface area (Å²) in [6.45, 7) is 0.715. The molecule has 2 N–H and O–H groups in total. The Labute approximate surface area is 136 Å². The Balaban J connectivity index is 1.69. The highest BCUT2D eigenvalue weighted by Crippen LogP contribution is 2.24. The van der Waals surface area contributed by atoms with E-state index in [0.717, 1.165) is 10.0 Å². The molecule has 0 bridgehead atoms. The van der Waals surface area contributed by atoms with Gasteiger partial charge in [0.2, 0.25) is 0 Å². The third kappa shape index (κ3) is 4.03. The average Bonchev–Trinajstić information content (AvgIpc) is 3.15. The Bertz CT molecular complexity index is 724. The third-order valence-corrected chi connectivity index (χ3v) is 6.35. The molecular formula is C13H14BrN3O2S2. The highest BCUT2D eigenvalue weighted by molar-refractivity contribution is 9.10. The molecular weight excluding hydrogens is 374 g/mol. The van der Waals surface area contributed by atoms with Crippen LogP contribution >= 0.6 is 27.3 Å². The summed E-state index contributed by atoms with van der Waals surface area (Å²) in [6.07, 6.45) is 3.98. The lowest BCUT2D eigenvalue weighted by atomic mass is 10.3. The molecule has 0 saturated heterocycles. The van der Waals surface area contributed by atoms with Crippen LogP contribution in [0.3, 0.4) is 0 Å². The Kier molecular flexibility index (Phi) is 4.30. The van der Waals surface area contributed by atoms with E-state index in [1.54, 1.807) is 24.4 Å². The lowest BCUT2D eigenvalue weighted by Gasteiger charge is -2.05. The number of thiophene rings is 1. The van der Waals surface area contributed by atoms with Crippen LogP contribution in [0, 0.1) is 0 Å². The zero-order chi connectivity index (χ0) is 14.9. The molecule has 1 fully saturated rings. The quantitative estimate of drug-likeness (QED) is 0.798. The van der Waals surface area contributed by atoms with Gasteiger partial charge in [-0.3, -0.25) is 4.72 Å². The van der Waals surface area contributed by atoms with Gasteiger partial charge in [-0.2, -0.15) is 0 Å². The number of hydrogen-bond acceptors (Lipinski definition) is 5. The monoisotopic (exact) mass is 387 g/mol. The van der Waals surface area contributed by atoms with Crippen molar-refractivity contribution in [2.45, 2.75) is 29.6 Å². The van der Waals surface area contributed by atoms with Crippen LogP contribution in [0.2, 0.25) is 0 Å². The van der Waals surface area contributed by atoms with Gasteiger partial charge in [0.25, 0.3) is 10.0 Å². The summed E-state index contributed by atoms with van der Waals surface area (Å²) < 4.78 is 28.1. The highest BCUT2D eigenvalue weighted by Gasteiger charge is 2.21. The van der Waals surface area contributed by atoms with Crippen molar-refractivity contribution in [1.82, 2.24) is 10.3 Å². The van der Waals surface area contributed by atoms with Gasteiger partial charge in [0, 0.05) is 23.3 Å². The molecule has 1 aliphatic carbocycles. The number of rotatable bonds is 6. The maximum absolute atomic E-state index is 12.3. The fourth-order valence-corrected chi connectivity index (χ4v) is 4.21. The number of sulfonamides is 1. The van der Waals surface area contributed by atoms with Crippen molar-refractivity contribution >= 4 is 43.1 Å². The highest BCUT2D eigenvalue weighted by atomic mass is 79.9. The van der Waals surface area contributed by atoms with Gasteiger partial charge in [-0.15, -0.1) is 11.3 Å². The second kappa shape index (κ2) is 6.04. The molecule has 0 spiro atoms. The molecule has 2 aromatic rings. The first-order valence-electron chi connectivity index (χ1n) is 6.48. The molecule has 0 unspecified atom stereocenters. The summed E-state index contributed by atoms with van der Waals surface area (Å²) in [4.78, 5) is 4.02. The van der Waals surface area contributed by atoms with Crippen molar-refractivity contribution in [2.75, 3.05) is 4.72 Å². The number of aromatic nitrogens is 1. The maximum atomic E-state index is 12.3. The minimum absolute atomic E-state index is 0.305. The molecule has 1 aliphatic rings. The van der Waals surface area contributed by atoms with E-state index >= 15 is 0 Å². The van der Waals surface area contributed by atoms with E-state index in [4.69, 9.17) is 0 Å². The standard InChI is InChI=1S/C13H14BrN3O2S2/c14-10-1-4-12(16-7-10)17-21(18,19)13-5-9(8-20-13)6-15-11-2-3-11/h1,4-5,7-8,11,15H,2-3,6H2,(H,16,17). The number of pyridine rings is 1. The molecule has 0 aromatic carbocycles. The van der Waals surface area contributed by atoms with Gasteiger partial charge in [-0.25, -0.2) is 13.4 Å². The van der Waals surface area contributed by atoms with E-state index in [2.05, 4.69) is 31.0 Å². The number of nitrogens with one attached hydrogen (secondary N) is 2. The Morgan fingerprint density at radius 3 is 2.86 bits per heavy atom. The number of hydrogen-bond donors (Lipinski definition) is 2. The molecule has 2 aromatic heterocycles. The smallest absolute Gasteiger partial charge is 0.272 e. The summed E-state index contributed by atoms with van der Waals surface area (Å²) in [6, 6.07) is 5.67. The molecule has 0 atom stereocenters. The first-order valence-corrected chi connectivity index (χ1v) is 9.64. The number of halogens is 1. The van der Waals surface area contributed by atoms with Gasteiger partial charge in [-0.1, -0.05) is 0 Å². The molecule has 2 heterocycles. The Morgan fingerprint density at radius 1 is 1.38 bits per heavy atom. The Hall–Kier alpha value is -0.960. The van der Waals surface area contributed by atoms with E-state index in [1.165, 1.54) is 24.2 Å². The fraction of sp³-hybridized carbons (Fsp3) is 0.308. The van der Waals surface area contributed by atoms with Crippen molar-refractivity contribution in [3.8, 4) is 0 Å². The van der Waals surface area contributed by atoms with Gasteiger partial charge in [-0.05, 0) is 57.9 Å². The molecule has 21 heavy (non-hydrogen) atoms. The normalized spacial score (nSPS) is 15.1. The molecule has 0 radical (unpaired) electrons. The van der Waals surface area contributed by atoms with Crippen molar-refractivity contribution in [1.29, 1.82) is 0 Å². The van der Waals surface area contributed by atoms with Crippen LogP contribution in [0.5, 0.6) is 0 Å². The van der Waals surface area contributed by atoms with Crippen molar-refractivity contribution < 1.29 is 8.42 Å². The Morgan fingerprint density at radius 2 is 2.19 bits per heavy atom. The second-order valence-corrected chi connectivity index (χ2v) is 8.63. The van der Waals surface area contributed by atoms with E-state index < -0.39 is 10.0 Å². The second-order valence-electron chi connectivity index (χ2n) is 4.90. The maximum Gasteiger partial charge on any atom is 0.272 e. The molecule has 3 rings (SSSR count). The lowest BCUT2D eigenvalue weighted by molar-refractivity contribution is 0.603. The predicted octanol–water partition coefficient (Wildman–Crippen LogP) is 2.96. The predicted molar refractivity (Wildman–Crippen MR) is 86.9 cm³/mol. The average molecular weight is 388 g/mol. The van der Waals surface area contributed by atoms with Gasteiger partial charge < -0.3 is 5.32 Å². The molecule has 8 heteroatoms. The van der Waals surface area contributed by atoms with Crippen LogP contribution in [0.1, 0.15) is 18.4 Å². The van der Waals surface area contributed by atoms with Gasteiger partial charge >= 0.3 is 0 Å². The molecule has 0 amide bonds. The molecule has 112 valence electrons. The van der Waals surface area contributed by atoms with Gasteiger partial charge in [0.1, 0.15) is 10.0 Å². The van der Waals surface area contributed by atoms with Crippen molar-refractivity contribution in [2.24, 2.45) is 0 Å². The minimum atomic E-state index is -3.57. The van der Waals surface area contributed by atoms with E-state index in [9.17, 15) is 8.42 Å².